The maximum atomic E-state index is 9.46. The van der Waals surface area contributed by atoms with Crippen LogP contribution >= 0.6 is 0 Å². The average Bonchev–Trinajstić information content (AvgIpc) is 3.08. The Hall–Kier alpha value is -3.09. The quantitative estimate of drug-likeness (QED) is 0.674. The Balaban J connectivity index is 1.62. The molecule has 29 heavy (non-hydrogen) atoms. The van der Waals surface area contributed by atoms with Gasteiger partial charge in [0.05, 0.1) is 33.9 Å². The molecule has 0 fully saturated rings. The van der Waals surface area contributed by atoms with E-state index in [1.165, 1.54) is 0 Å². The van der Waals surface area contributed by atoms with Crippen molar-refractivity contribution < 1.29 is 19.3 Å². The van der Waals surface area contributed by atoms with Crippen LogP contribution in [0.2, 0.25) is 0 Å². The molecule has 7 heteroatoms. The van der Waals surface area contributed by atoms with Gasteiger partial charge in [0.15, 0.2) is 17.5 Å². The van der Waals surface area contributed by atoms with Crippen molar-refractivity contribution in [2.75, 3.05) is 34.4 Å². The molecule has 1 heterocycles. The summed E-state index contributed by atoms with van der Waals surface area (Å²) in [4.78, 5) is 6.60. The molecule has 3 rings (SSSR count). The van der Waals surface area contributed by atoms with Gasteiger partial charge in [0.1, 0.15) is 5.75 Å². The third-order valence-electron chi connectivity index (χ3n) is 5.20. The third kappa shape index (κ3) is 4.85. The number of nitrogens with two attached hydrogens (primary N) is 1. The summed E-state index contributed by atoms with van der Waals surface area (Å²) in [5.41, 5.74) is 8.41. The minimum atomic E-state index is 0.236. The molecule has 0 saturated heterocycles. The van der Waals surface area contributed by atoms with E-state index in [-0.39, 0.29) is 11.8 Å². The van der Waals surface area contributed by atoms with Gasteiger partial charge in [-0.3, -0.25) is 4.99 Å². The zero-order valence-electron chi connectivity index (χ0n) is 17.2. The Bertz CT molecular complexity index is 827. The van der Waals surface area contributed by atoms with Crippen molar-refractivity contribution in [3.8, 4) is 23.0 Å². The van der Waals surface area contributed by atoms with Crippen molar-refractivity contribution in [2.24, 2.45) is 10.7 Å². The molecule has 0 amide bonds. The molecule has 0 radical (unpaired) electrons. The number of aliphatic imine (C=N–C) groups is 1. The highest BCUT2D eigenvalue weighted by Gasteiger charge is 2.25. The second kappa shape index (κ2) is 9.41. The maximum absolute atomic E-state index is 9.46. The minimum absolute atomic E-state index is 0.236. The first-order valence-electron chi connectivity index (χ1n) is 9.69. The van der Waals surface area contributed by atoms with Gasteiger partial charge < -0.3 is 30.0 Å². The van der Waals surface area contributed by atoms with Crippen LogP contribution < -0.4 is 19.9 Å². The number of aryl methyl sites for hydroxylation is 1. The van der Waals surface area contributed by atoms with Crippen molar-refractivity contribution in [3.63, 3.8) is 0 Å². The number of methoxy groups -OCH3 is 3. The highest BCUT2D eigenvalue weighted by molar-refractivity contribution is 5.80. The van der Waals surface area contributed by atoms with Crippen LogP contribution in [-0.2, 0) is 12.8 Å². The lowest BCUT2D eigenvalue weighted by atomic mass is 10.0. The molecule has 1 atom stereocenters. The first-order valence-corrected chi connectivity index (χ1v) is 9.69. The molecule has 156 valence electrons. The fraction of sp³-hybridized carbons (Fsp3) is 0.409. The van der Waals surface area contributed by atoms with E-state index in [9.17, 15) is 5.11 Å². The number of ether oxygens (including phenoxy) is 3. The molecule has 0 aliphatic carbocycles. The Morgan fingerprint density at radius 2 is 1.69 bits per heavy atom. The predicted molar refractivity (Wildman–Crippen MR) is 113 cm³/mol. The second-order valence-electron chi connectivity index (χ2n) is 7.05. The van der Waals surface area contributed by atoms with E-state index < -0.39 is 0 Å². The van der Waals surface area contributed by atoms with Gasteiger partial charge in [0.2, 0.25) is 5.75 Å². The number of rotatable bonds is 9. The van der Waals surface area contributed by atoms with Crippen LogP contribution in [0.4, 0.5) is 0 Å². The van der Waals surface area contributed by atoms with E-state index in [0.29, 0.717) is 29.8 Å². The van der Waals surface area contributed by atoms with Crippen LogP contribution in [0.1, 0.15) is 17.5 Å². The normalized spacial score (nSPS) is 15.9. The lowest BCUT2D eigenvalue weighted by Crippen LogP contribution is -2.42. The Morgan fingerprint density at radius 3 is 2.28 bits per heavy atom. The average molecular weight is 399 g/mol. The van der Waals surface area contributed by atoms with Crippen LogP contribution in [0.15, 0.2) is 41.4 Å². The maximum Gasteiger partial charge on any atom is 0.203 e. The molecular weight excluding hydrogens is 370 g/mol. The smallest absolute Gasteiger partial charge is 0.203 e. The number of hydrogen-bond acceptors (Lipinski definition) is 7. The topological polar surface area (TPSA) is 89.5 Å². The summed E-state index contributed by atoms with van der Waals surface area (Å²) in [6.45, 7) is 1.51. The summed E-state index contributed by atoms with van der Waals surface area (Å²) >= 11 is 0. The SMILES string of the molecule is COc1cc(CCCN2C(N)=NC[C@H]2Cc2ccc(O)cc2)cc(OC)c1OC. The van der Waals surface area contributed by atoms with Gasteiger partial charge in [0, 0.05) is 6.54 Å². The molecule has 0 bridgehead atoms. The van der Waals surface area contributed by atoms with Gasteiger partial charge in [-0.15, -0.1) is 0 Å². The van der Waals surface area contributed by atoms with Gasteiger partial charge in [-0.05, 0) is 54.7 Å². The van der Waals surface area contributed by atoms with Crippen LogP contribution in [0, 0.1) is 0 Å². The van der Waals surface area contributed by atoms with Crippen LogP contribution in [-0.4, -0.2) is 56.4 Å². The zero-order valence-corrected chi connectivity index (χ0v) is 17.2. The molecule has 3 N–H and O–H groups in total. The zero-order chi connectivity index (χ0) is 20.8. The fourth-order valence-electron chi connectivity index (χ4n) is 3.68. The fourth-order valence-corrected chi connectivity index (χ4v) is 3.68. The van der Waals surface area contributed by atoms with Crippen LogP contribution in [0.5, 0.6) is 23.0 Å². The molecule has 1 aliphatic rings. The van der Waals surface area contributed by atoms with Crippen molar-refractivity contribution >= 4 is 5.96 Å². The highest BCUT2D eigenvalue weighted by atomic mass is 16.5. The molecule has 1 aliphatic heterocycles. The van der Waals surface area contributed by atoms with E-state index in [0.717, 1.165) is 36.9 Å². The van der Waals surface area contributed by atoms with E-state index in [4.69, 9.17) is 19.9 Å². The molecule has 0 spiro atoms. The molecule has 7 nitrogen and oxygen atoms in total. The molecule has 2 aromatic rings. The van der Waals surface area contributed by atoms with Gasteiger partial charge in [-0.25, -0.2) is 0 Å². The molecule has 0 unspecified atom stereocenters. The lowest BCUT2D eigenvalue weighted by Gasteiger charge is -2.26. The van der Waals surface area contributed by atoms with Crippen molar-refractivity contribution in [1.82, 2.24) is 4.90 Å². The largest absolute Gasteiger partial charge is 0.508 e. The summed E-state index contributed by atoms with van der Waals surface area (Å²) in [7, 11) is 4.84. The van der Waals surface area contributed by atoms with Crippen LogP contribution in [0.3, 0.4) is 0 Å². The molecule has 2 aromatic carbocycles. The summed E-state index contributed by atoms with van der Waals surface area (Å²) in [6, 6.07) is 11.5. The van der Waals surface area contributed by atoms with Gasteiger partial charge in [0.25, 0.3) is 0 Å². The Labute approximate surface area is 171 Å². The van der Waals surface area contributed by atoms with Gasteiger partial charge in [-0.1, -0.05) is 12.1 Å². The number of hydrogen-bond donors (Lipinski definition) is 2. The predicted octanol–water partition coefficient (Wildman–Crippen LogP) is 2.59. The van der Waals surface area contributed by atoms with Gasteiger partial charge in [-0.2, -0.15) is 0 Å². The number of aromatic hydroxyl groups is 1. The summed E-state index contributed by atoms with van der Waals surface area (Å²) in [6.07, 6.45) is 2.61. The summed E-state index contributed by atoms with van der Waals surface area (Å²) in [5.74, 6) is 2.80. The Morgan fingerprint density at radius 1 is 1.03 bits per heavy atom. The number of benzene rings is 2. The number of nitrogens with zero attached hydrogens (tertiary/aromatic N) is 2. The minimum Gasteiger partial charge on any atom is -0.508 e. The summed E-state index contributed by atoms with van der Waals surface area (Å²) < 4.78 is 16.3. The van der Waals surface area contributed by atoms with Crippen molar-refractivity contribution in [1.29, 1.82) is 0 Å². The monoisotopic (exact) mass is 399 g/mol. The van der Waals surface area contributed by atoms with E-state index in [1.807, 2.05) is 24.3 Å². The highest BCUT2D eigenvalue weighted by Crippen LogP contribution is 2.38. The molecular formula is C22H29N3O4. The van der Waals surface area contributed by atoms with Crippen molar-refractivity contribution in [2.45, 2.75) is 25.3 Å². The van der Waals surface area contributed by atoms with E-state index in [1.54, 1.807) is 33.5 Å². The second-order valence-corrected chi connectivity index (χ2v) is 7.05. The molecule has 0 saturated carbocycles. The third-order valence-corrected chi connectivity index (χ3v) is 5.20. The first-order chi connectivity index (χ1) is 14.0. The number of phenolic OH excluding ortho intramolecular Hbond substituents is 1. The lowest BCUT2D eigenvalue weighted by molar-refractivity contribution is 0.322. The van der Waals surface area contributed by atoms with E-state index in [2.05, 4.69) is 9.89 Å². The number of phenols is 1. The first kappa shape index (κ1) is 20.6. The summed E-state index contributed by atoms with van der Waals surface area (Å²) in [5, 5.41) is 9.46. The van der Waals surface area contributed by atoms with Gasteiger partial charge >= 0.3 is 0 Å². The van der Waals surface area contributed by atoms with Crippen molar-refractivity contribution in [3.05, 3.63) is 47.5 Å². The molecule has 0 aromatic heterocycles. The standard InChI is InChI=1S/C22H29N3O4/c1-27-19-12-16(13-20(28-2)21(19)29-3)5-4-10-25-17(14-24-22(25)23)11-15-6-8-18(26)9-7-15/h6-9,12-13,17,26H,4-5,10-11,14H2,1-3H3,(H2,23,24)/t17-/m1/s1. The van der Waals surface area contributed by atoms with E-state index >= 15 is 0 Å². The van der Waals surface area contributed by atoms with Crippen LogP contribution in [0.25, 0.3) is 0 Å². The Kier molecular flexibility index (Phi) is 6.69. The number of guanidine groups is 1.